The normalized spacial score (nSPS) is 34.9. The van der Waals surface area contributed by atoms with Crippen molar-refractivity contribution in [2.75, 3.05) is 20.8 Å². The van der Waals surface area contributed by atoms with E-state index < -0.39 is 36.7 Å². The van der Waals surface area contributed by atoms with E-state index in [0.717, 1.165) is 0 Å². The topological polar surface area (TPSA) is 94.5 Å². The van der Waals surface area contributed by atoms with Gasteiger partial charge in [0, 0.05) is 19.8 Å². The van der Waals surface area contributed by atoms with Gasteiger partial charge in [0.05, 0.1) is 6.61 Å². The molecule has 1 heterocycles. The maximum atomic E-state index is 11.5. The fourth-order valence-corrected chi connectivity index (χ4v) is 1.76. The van der Waals surface area contributed by atoms with Gasteiger partial charge in [-0.3, -0.25) is 0 Å². The van der Waals surface area contributed by atoms with Crippen LogP contribution in [-0.4, -0.2) is 67.7 Å². The number of aliphatic hydroxyl groups is 2. The van der Waals surface area contributed by atoms with E-state index in [2.05, 4.69) is 6.58 Å². The van der Waals surface area contributed by atoms with Gasteiger partial charge in [-0.2, -0.15) is 0 Å². The Morgan fingerprint density at radius 3 is 2.42 bits per heavy atom. The highest BCUT2D eigenvalue weighted by atomic mass is 16.7. The summed E-state index contributed by atoms with van der Waals surface area (Å²) in [5, 5.41) is 20.0. The number of esters is 1. The Morgan fingerprint density at radius 1 is 1.32 bits per heavy atom. The largest absolute Gasteiger partial charge is 0.453 e. The molecular formula is C12H20O7. The number of methoxy groups -OCH3 is 2. The van der Waals surface area contributed by atoms with Gasteiger partial charge in [0.25, 0.3) is 0 Å². The van der Waals surface area contributed by atoms with Crippen molar-refractivity contribution in [3.05, 3.63) is 12.2 Å². The molecule has 0 radical (unpaired) electrons. The number of hydrogen-bond donors (Lipinski definition) is 2. The summed E-state index contributed by atoms with van der Waals surface area (Å²) in [7, 11) is 2.78. The minimum atomic E-state index is -1.29. The molecule has 7 nitrogen and oxygen atoms in total. The Kier molecular flexibility index (Phi) is 5.89. The second-order valence-corrected chi connectivity index (χ2v) is 4.37. The van der Waals surface area contributed by atoms with Crippen LogP contribution < -0.4 is 0 Å². The van der Waals surface area contributed by atoms with Crippen molar-refractivity contribution in [1.82, 2.24) is 0 Å². The number of carbonyl (C=O) groups excluding carboxylic acids is 1. The first kappa shape index (κ1) is 16.1. The number of ether oxygens (including phenoxy) is 4. The lowest BCUT2D eigenvalue weighted by Crippen LogP contribution is -2.60. The third-order valence-corrected chi connectivity index (χ3v) is 2.80. The maximum Gasteiger partial charge on any atom is 0.333 e. The Hall–Kier alpha value is -0.990. The third-order valence-electron chi connectivity index (χ3n) is 2.80. The van der Waals surface area contributed by atoms with Crippen molar-refractivity contribution >= 4 is 5.97 Å². The van der Waals surface area contributed by atoms with Crippen LogP contribution in [0, 0.1) is 0 Å². The molecule has 0 amide bonds. The van der Waals surface area contributed by atoms with Gasteiger partial charge in [0.2, 0.25) is 0 Å². The van der Waals surface area contributed by atoms with Gasteiger partial charge >= 0.3 is 5.97 Å². The Labute approximate surface area is 111 Å². The summed E-state index contributed by atoms with van der Waals surface area (Å²) in [6, 6.07) is 0. The smallest absolute Gasteiger partial charge is 0.333 e. The lowest BCUT2D eigenvalue weighted by atomic mass is 9.99. The van der Waals surface area contributed by atoms with E-state index in [9.17, 15) is 15.0 Å². The average molecular weight is 276 g/mol. The Bertz CT molecular complexity index is 330. The number of rotatable bonds is 5. The van der Waals surface area contributed by atoms with Gasteiger partial charge in [-0.05, 0) is 6.92 Å². The van der Waals surface area contributed by atoms with E-state index in [4.69, 9.17) is 18.9 Å². The van der Waals surface area contributed by atoms with E-state index in [0.29, 0.717) is 0 Å². The highest BCUT2D eigenvalue weighted by Crippen LogP contribution is 2.24. The standard InChI is InChI=1S/C12H20O7/c1-6(2)11(15)19-10-8(13)7(5-16-3)18-12(17-4)9(10)14/h7-10,12-14H,1,5H2,2-4H3/t7?,8-,9?,10+,12+/m1/s1. The molecule has 0 aromatic rings. The van der Waals surface area contributed by atoms with Crippen LogP contribution in [0.15, 0.2) is 12.2 Å². The molecule has 7 heteroatoms. The molecule has 110 valence electrons. The monoisotopic (exact) mass is 276 g/mol. The Morgan fingerprint density at radius 2 is 1.95 bits per heavy atom. The first-order chi connectivity index (χ1) is 8.92. The molecule has 5 atom stereocenters. The first-order valence-corrected chi connectivity index (χ1v) is 5.82. The second kappa shape index (κ2) is 6.97. The van der Waals surface area contributed by atoms with Crippen LogP contribution in [0.5, 0.6) is 0 Å². The lowest BCUT2D eigenvalue weighted by molar-refractivity contribution is -0.297. The fraction of sp³-hybridized carbons (Fsp3) is 0.750. The van der Waals surface area contributed by atoms with E-state index in [1.807, 2.05) is 0 Å². The molecule has 0 aromatic heterocycles. The molecule has 0 aromatic carbocycles. The molecule has 0 bridgehead atoms. The molecule has 2 N–H and O–H groups in total. The van der Waals surface area contributed by atoms with E-state index in [-0.39, 0.29) is 12.2 Å². The minimum Gasteiger partial charge on any atom is -0.453 e. The fourth-order valence-electron chi connectivity index (χ4n) is 1.76. The van der Waals surface area contributed by atoms with Crippen molar-refractivity contribution in [3.63, 3.8) is 0 Å². The van der Waals surface area contributed by atoms with Crippen LogP contribution in [0.4, 0.5) is 0 Å². The zero-order chi connectivity index (χ0) is 14.6. The summed E-state index contributed by atoms with van der Waals surface area (Å²) in [4.78, 5) is 11.5. The predicted molar refractivity (Wildman–Crippen MR) is 64.3 cm³/mol. The summed E-state index contributed by atoms with van der Waals surface area (Å²) in [6.45, 7) is 4.99. The van der Waals surface area contributed by atoms with Gasteiger partial charge in [-0.25, -0.2) is 4.79 Å². The lowest BCUT2D eigenvalue weighted by Gasteiger charge is -2.41. The predicted octanol–water partition coefficient (Wildman–Crippen LogP) is -0.786. The zero-order valence-electron chi connectivity index (χ0n) is 11.2. The Balaban J connectivity index is 2.83. The summed E-state index contributed by atoms with van der Waals surface area (Å²) in [5.41, 5.74) is 0.170. The molecule has 1 rings (SSSR count). The highest BCUT2D eigenvalue weighted by Gasteiger charge is 2.47. The second-order valence-electron chi connectivity index (χ2n) is 4.37. The first-order valence-electron chi connectivity index (χ1n) is 5.82. The average Bonchev–Trinajstić information content (AvgIpc) is 2.37. The van der Waals surface area contributed by atoms with Crippen LogP contribution in [0.3, 0.4) is 0 Å². The summed E-state index contributed by atoms with van der Waals surface area (Å²) in [6.07, 6.45) is -5.45. The van der Waals surface area contributed by atoms with Crippen molar-refractivity contribution in [1.29, 1.82) is 0 Å². The zero-order valence-corrected chi connectivity index (χ0v) is 11.2. The molecule has 0 saturated carbocycles. The van der Waals surface area contributed by atoms with Gasteiger partial charge < -0.3 is 29.2 Å². The van der Waals surface area contributed by atoms with Gasteiger partial charge in [0.15, 0.2) is 12.4 Å². The number of carbonyl (C=O) groups is 1. The van der Waals surface area contributed by atoms with E-state index in [1.165, 1.54) is 21.1 Å². The van der Waals surface area contributed by atoms with Crippen molar-refractivity contribution in [2.45, 2.75) is 37.6 Å². The molecule has 0 spiro atoms. The van der Waals surface area contributed by atoms with Gasteiger partial charge in [-0.15, -0.1) is 0 Å². The summed E-state index contributed by atoms with van der Waals surface area (Å²) in [5.74, 6) is -0.698. The van der Waals surface area contributed by atoms with Crippen LogP contribution >= 0.6 is 0 Å². The van der Waals surface area contributed by atoms with Crippen LogP contribution in [0.25, 0.3) is 0 Å². The summed E-state index contributed by atoms with van der Waals surface area (Å²) < 4.78 is 20.2. The van der Waals surface area contributed by atoms with E-state index in [1.54, 1.807) is 0 Å². The van der Waals surface area contributed by atoms with E-state index >= 15 is 0 Å². The maximum absolute atomic E-state index is 11.5. The van der Waals surface area contributed by atoms with Crippen molar-refractivity contribution < 1.29 is 34.0 Å². The quantitative estimate of drug-likeness (QED) is 0.502. The SMILES string of the molecule is C=C(C)C(=O)O[C@@H]1C(O)[C@@H](OC)OC(COC)[C@H]1O. The van der Waals surface area contributed by atoms with Crippen LogP contribution in [0.1, 0.15) is 6.92 Å². The van der Waals surface area contributed by atoms with Crippen molar-refractivity contribution in [2.24, 2.45) is 0 Å². The van der Waals surface area contributed by atoms with Crippen LogP contribution in [0.2, 0.25) is 0 Å². The van der Waals surface area contributed by atoms with Gasteiger partial charge in [0.1, 0.15) is 18.3 Å². The molecule has 1 saturated heterocycles. The number of aliphatic hydroxyl groups excluding tert-OH is 2. The molecular weight excluding hydrogens is 256 g/mol. The molecule has 1 aliphatic heterocycles. The molecule has 1 aliphatic rings. The van der Waals surface area contributed by atoms with Crippen LogP contribution in [-0.2, 0) is 23.7 Å². The molecule has 19 heavy (non-hydrogen) atoms. The molecule has 2 unspecified atom stereocenters. The third kappa shape index (κ3) is 3.74. The highest BCUT2D eigenvalue weighted by molar-refractivity contribution is 5.87. The molecule has 1 fully saturated rings. The summed E-state index contributed by atoms with van der Waals surface area (Å²) >= 11 is 0. The van der Waals surface area contributed by atoms with Gasteiger partial charge in [-0.1, -0.05) is 6.58 Å². The molecule has 0 aliphatic carbocycles. The minimum absolute atomic E-state index is 0.0782. The van der Waals surface area contributed by atoms with Crippen molar-refractivity contribution in [3.8, 4) is 0 Å². The number of hydrogen-bond acceptors (Lipinski definition) is 7.